The number of carbonyl (C=O) groups is 1. The van der Waals surface area contributed by atoms with E-state index in [0.717, 1.165) is 37.4 Å². The SMILES string of the molecule is CCN(CC)CC(=O)Nc1sc2c(c1C#N)CCCCC2. The molecule has 1 heterocycles. The first-order valence-electron chi connectivity index (χ1n) is 7.76. The fourth-order valence-electron chi connectivity index (χ4n) is 2.77. The normalized spacial score (nSPS) is 14.4. The Kier molecular flexibility index (Phi) is 5.77. The lowest BCUT2D eigenvalue weighted by molar-refractivity contribution is -0.117. The fourth-order valence-corrected chi connectivity index (χ4v) is 4.02. The summed E-state index contributed by atoms with van der Waals surface area (Å²) in [6, 6.07) is 2.30. The van der Waals surface area contributed by atoms with Crippen LogP contribution < -0.4 is 5.32 Å². The lowest BCUT2D eigenvalue weighted by atomic mass is 10.1. The number of likely N-dealkylation sites (N-methyl/N-ethyl adjacent to an activating group) is 1. The minimum atomic E-state index is -0.0217. The van der Waals surface area contributed by atoms with Gasteiger partial charge in [0.25, 0.3) is 0 Å². The van der Waals surface area contributed by atoms with Gasteiger partial charge in [0, 0.05) is 4.88 Å². The maximum Gasteiger partial charge on any atom is 0.239 e. The third-order valence-corrected chi connectivity index (χ3v) is 5.25. The van der Waals surface area contributed by atoms with E-state index in [1.54, 1.807) is 11.3 Å². The quantitative estimate of drug-likeness (QED) is 0.850. The summed E-state index contributed by atoms with van der Waals surface area (Å²) in [5.74, 6) is -0.0217. The van der Waals surface area contributed by atoms with Crippen LogP contribution in [0.15, 0.2) is 0 Å². The van der Waals surface area contributed by atoms with E-state index in [1.165, 1.54) is 23.3 Å². The Morgan fingerprint density at radius 3 is 2.67 bits per heavy atom. The van der Waals surface area contributed by atoms with Gasteiger partial charge in [0.2, 0.25) is 5.91 Å². The number of thiophene rings is 1. The Bertz CT molecular complexity index is 540. The van der Waals surface area contributed by atoms with Crippen LogP contribution in [0.5, 0.6) is 0 Å². The molecule has 2 rings (SSSR count). The van der Waals surface area contributed by atoms with Crippen molar-refractivity contribution in [3.63, 3.8) is 0 Å². The highest BCUT2D eigenvalue weighted by Crippen LogP contribution is 2.36. The summed E-state index contributed by atoms with van der Waals surface area (Å²) in [5.41, 5.74) is 1.88. The largest absolute Gasteiger partial charge is 0.315 e. The zero-order valence-corrected chi connectivity index (χ0v) is 13.7. The number of aryl methyl sites for hydroxylation is 1. The van der Waals surface area contributed by atoms with Gasteiger partial charge in [-0.15, -0.1) is 11.3 Å². The van der Waals surface area contributed by atoms with Gasteiger partial charge in [-0.05, 0) is 44.3 Å². The van der Waals surface area contributed by atoms with Crippen molar-refractivity contribution in [3.05, 3.63) is 16.0 Å². The van der Waals surface area contributed by atoms with E-state index in [9.17, 15) is 10.1 Å². The summed E-state index contributed by atoms with van der Waals surface area (Å²) in [7, 11) is 0. The van der Waals surface area contributed by atoms with Crippen molar-refractivity contribution in [1.82, 2.24) is 4.90 Å². The first-order chi connectivity index (χ1) is 10.2. The van der Waals surface area contributed by atoms with Crippen molar-refractivity contribution in [2.45, 2.75) is 46.0 Å². The van der Waals surface area contributed by atoms with E-state index in [2.05, 4.69) is 16.3 Å². The molecule has 0 spiro atoms. The van der Waals surface area contributed by atoms with E-state index < -0.39 is 0 Å². The van der Waals surface area contributed by atoms with Gasteiger partial charge < -0.3 is 5.32 Å². The highest BCUT2D eigenvalue weighted by molar-refractivity contribution is 7.16. The number of rotatable bonds is 5. The Balaban J connectivity index is 2.13. The highest BCUT2D eigenvalue weighted by Gasteiger charge is 2.21. The molecule has 0 bridgehead atoms. The number of amides is 1. The monoisotopic (exact) mass is 305 g/mol. The van der Waals surface area contributed by atoms with Crippen molar-refractivity contribution in [2.24, 2.45) is 0 Å². The average molecular weight is 305 g/mol. The minimum Gasteiger partial charge on any atom is -0.315 e. The third kappa shape index (κ3) is 3.84. The van der Waals surface area contributed by atoms with Crippen LogP contribution in [0.4, 0.5) is 5.00 Å². The molecule has 5 heteroatoms. The number of hydrogen-bond acceptors (Lipinski definition) is 4. The minimum absolute atomic E-state index is 0.0217. The number of fused-ring (bicyclic) bond motifs is 1. The topological polar surface area (TPSA) is 56.1 Å². The molecule has 1 aromatic heterocycles. The first kappa shape index (κ1) is 16.0. The molecule has 0 atom stereocenters. The molecule has 0 unspecified atom stereocenters. The van der Waals surface area contributed by atoms with Crippen molar-refractivity contribution in [2.75, 3.05) is 25.0 Å². The van der Waals surface area contributed by atoms with E-state index in [-0.39, 0.29) is 5.91 Å². The van der Waals surface area contributed by atoms with E-state index >= 15 is 0 Å². The molecule has 0 aromatic carbocycles. The number of carbonyl (C=O) groups excluding carboxylic acids is 1. The van der Waals surface area contributed by atoms with Gasteiger partial charge in [-0.1, -0.05) is 20.3 Å². The first-order valence-corrected chi connectivity index (χ1v) is 8.58. The van der Waals surface area contributed by atoms with Gasteiger partial charge >= 0.3 is 0 Å². The molecule has 1 N–H and O–H groups in total. The predicted octanol–water partition coefficient (Wildman–Crippen LogP) is 3.17. The molecule has 1 amide bonds. The van der Waals surface area contributed by atoms with Gasteiger partial charge in [-0.25, -0.2) is 0 Å². The van der Waals surface area contributed by atoms with Crippen LogP contribution in [0.1, 0.15) is 49.1 Å². The molecule has 114 valence electrons. The van der Waals surface area contributed by atoms with Gasteiger partial charge in [0.15, 0.2) is 0 Å². The smallest absolute Gasteiger partial charge is 0.239 e. The van der Waals surface area contributed by atoms with Crippen molar-refractivity contribution < 1.29 is 4.79 Å². The molecule has 0 fully saturated rings. The highest BCUT2D eigenvalue weighted by atomic mass is 32.1. The fraction of sp³-hybridized carbons (Fsp3) is 0.625. The Morgan fingerprint density at radius 1 is 1.29 bits per heavy atom. The summed E-state index contributed by atoms with van der Waals surface area (Å²) in [6.07, 6.45) is 5.58. The average Bonchev–Trinajstić information content (AvgIpc) is 2.65. The molecule has 1 aliphatic rings. The molecule has 21 heavy (non-hydrogen) atoms. The second kappa shape index (κ2) is 7.58. The summed E-state index contributed by atoms with van der Waals surface area (Å²) in [5, 5.41) is 13.1. The van der Waals surface area contributed by atoms with Gasteiger partial charge in [-0.3, -0.25) is 9.69 Å². The Morgan fingerprint density at radius 2 is 2.00 bits per heavy atom. The molecule has 0 saturated carbocycles. The van der Waals surface area contributed by atoms with Crippen LogP contribution in [0.25, 0.3) is 0 Å². The Hall–Kier alpha value is -1.38. The standard InChI is InChI=1S/C16H23N3OS/c1-3-19(4-2)11-15(20)18-16-13(10-17)12-8-6-5-7-9-14(12)21-16/h3-9,11H2,1-2H3,(H,18,20). The van der Waals surface area contributed by atoms with Crippen LogP contribution >= 0.6 is 11.3 Å². The summed E-state index contributed by atoms with van der Waals surface area (Å²) in [4.78, 5) is 15.5. The number of anilines is 1. The van der Waals surface area contributed by atoms with E-state index in [4.69, 9.17) is 0 Å². The van der Waals surface area contributed by atoms with Crippen molar-refractivity contribution in [1.29, 1.82) is 5.26 Å². The van der Waals surface area contributed by atoms with E-state index in [1.807, 2.05) is 13.8 Å². The summed E-state index contributed by atoms with van der Waals surface area (Å²) < 4.78 is 0. The van der Waals surface area contributed by atoms with Crippen LogP contribution in [0.3, 0.4) is 0 Å². The molecule has 0 aliphatic heterocycles. The molecular weight excluding hydrogens is 282 g/mol. The Labute approximate surface area is 130 Å². The van der Waals surface area contributed by atoms with Gasteiger partial charge in [0.05, 0.1) is 12.1 Å². The molecule has 0 saturated heterocycles. The molecule has 1 aliphatic carbocycles. The summed E-state index contributed by atoms with van der Waals surface area (Å²) in [6.45, 7) is 6.20. The predicted molar refractivity (Wildman–Crippen MR) is 86.7 cm³/mol. The van der Waals surface area contributed by atoms with Crippen molar-refractivity contribution in [3.8, 4) is 6.07 Å². The summed E-state index contributed by atoms with van der Waals surface area (Å²) >= 11 is 1.60. The lowest BCUT2D eigenvalue weighted by Gasteiger charge is -2.16. The molecule has 0 radical (unpaired) electrons. The second-order valence-corrected chi connectivity index (χ2v) is 6.50. The molecule has 4 nitrogen and oxygen atoms in total. The maximum atomic E-state index is 12.1. The van der Waals surface area contributed by atoms with Crippen LogP contribution in [-0.2, 0) is 17.6 Å². The van der Waals surface area contributed by atoms with Crippen LogP contribution in [0.2, 0.25) is 0 Å². The lowest BCUT2D eigenvalue weighted by Crippen LogP contribution is -2.32. The van der Waals surface area contributed by atoms with E-state index in [0.29, 0.717) is 12.1 Å². The van der Waals surface area contributed by atoms with Crippen molar-refractivity contribution >= 4 is 22.2 Å². The number of nitriles is 1. The zero-order valence-electron chi connectivity index (χ0n) is 12.9. The second-order valence-electron chi connectivity index (χ2n) is 5.39. The van der Waals surface area contributed by atoms with Gasteiger partial charge in [0.1, 0.15) is 11.1 Å². The number of nitrogens with one attached hydrogen (secondary N) is 1. The molecule has 1 aromatic rings. The van der Waals surface area contributed by atoms with Crippen LogP contribution in [0, 0.1) is 11.3 Å². The third-order valence-electron chi connectivity index (χ3n) is 4.05. The maximum absolute atomic E-state index is 12.1. The number of hydrogen-bond donors (Lipinski definition) is 1. The zero-order chi connectivity index (χ0) is 15.2. The number of nitrogens with zero attached hydrogens (tertiary/aromatic N) is 2. The molecular formula is C16H23N3OS. The van der Waals surface area contributed by atoms with Crippen LogP contribution in [-0.4, -0.2) is 30.4 Å². The van der Waals surface area contributed by atoms with Gasteiger partial charge in [-0.2, -0.15) is 5.26 Å².